The lowest BCUT2D eigenvalue weighted by Crippen LogP contribution is -2.37. The SMILES string of the molecule is CCC(C)N(CCC(=O)NCCc1ccc(Cl)cc1Cl)c1nc(Cc2cccc(OC)c2)ns1. The summed E-state index contributed by atoms with van der Waals surface area (Å²) in [7, 11) is 1.66. The van der Waals surface area contributed by atoms with Crippen LogP contribution >= 0.6 is 34.7 Å². The van der Waals surface area contributed by atoms with E-state index in [0.29, 0.717) is 42.4 Å². The molecule has 9 heteroatoms. The lowest BCUT2D eigenvalue weighted by Gasteiger charge is -2.27. The second-order valence-corrected chi connectivity index (χ2v) is 9.63. The van der Waals surface area contributed by atoms with E-state index in [2.05, 4.69) is 28.4 Å². The van der Waals surface area contributed by atoms with E-state index in [4.69, 9.17) is 32.9 Å². The number of nitrogens with one attached hydrogen (secondary N) is 1. The Morgan fingerprint density at radius 1 is 1.24 bits per heavy atom. The van der Waals surface area contributed by atoms with Crippen LogP contribution in [-0.2, 0) is 17.6 Å². The molecule has 1 unspecified atom stereocenters. The van der Waals surface area contributed by atoms with Crippen molar-refractivity contribution in [3.05, 3.63) is 69.5 Å². The summed E-state index contributed by atoms with van der Waals surface area (Å²) < 4.78 is 9.86. The van der Waals surface area contributed by atoms with Crippen molar-refractivity contribution in [3.63, 3.8) is 0 Å². The number of methoxy groups -OCH3 is 1. The third kappa shape index (κ3) is 7.58. The van der Waals surface area contributed by atoms with Crippen LogP contribution in [-0.4, -0.2) is 41.5 Å². The lowest BCUT2D eigenvalue weighted by molar-refractivity contribution is -0.120. The molecule has 0 bridgehead atoms. The molecule has 3 aromatic rings. The van der Waals surface area contributed by atoms with Crippen molar-refractivity contribution in [3.8, 4) is 5.75 Å². The van der Waals surface area contributed by atoms with Crippen molar-refractivity contribution in [1.29, 1.82) is 0 Å². The first kappa shape index (κ1) is 26.3. The predicted molar refractivity (Wildman–Crippen MR) is 141 cm³/mol. The molecule has 1 heterocycles. The summed E-state index contributed by atoms with van der Waals surface area (Å²) >= 11 is 13.5. The molecular weight excluding hydrogens is 491 g/mol. The monoisotopic (exact) mass is 520 g/mol. The second kappa shape index (κ2) is 12.9. The van der Waals surface area contributed by atoms with Gasteiger partial charge >= 0.3 is 0 Å². The van der Waals surface area contributed by atoms with E-state index >= 15 is 0 Å². The van der Waals surface area contributed by atoms with Crippen LogP contribution in [0.25, 0.3) is 0 Å². The first-order chi connectivity index (χ1) is 16.4. The number of amides is 1. The highest BCUT2D eigenvalue weighted by molar-refractivity contribution is 7.09. The number of nitrogens with zero attached hydrogens (tertiary/aromatic N) is 3. The summed E-state index contributed by atoms with van der Waals surface area (Å²) in [6, 6.07) is 13.6. The molecule has 1 amide bonds. The minimum atomic E-state index is -0.000455. The summed E-state index contributed by atoms with van der Waals surface area (Å²) in [4.78, 5) is 19.4. The van der Waals surface area contributed by atoms with E-state index in [1.165, 1.54) is 11.5 Å². The smallest absolute Gasteiger partial charge is 0.221 e. The van der Waals surface area contributed by atoms with Gasteiger partial charge in [0.25, 0.3) is 0 Å². The van der Waals surface area contributed by atoms with Crippen molar-refractivity contribution in [2.24, 2.45) is 0 Å². The Morgan fingerprint density at radius 3 is 2.79 bits per heavy atom. The van der Waals surface area contributed by atoms with Crippen LogP contribution in [0, 0.1) is 0 Å². The Labute approximate surface area is 215 Å². The molecule has 1 aromatic heterocycles. The predicted octanol–water partition coefficient (Wildman–Crippen LogP) is 5.80. The second-order valence-electron chi connectivity index (χ2n) is 8.06. The molecule has 0 aliphatic heterocycles. The van der Waals surface area contributed by atoms with Crippen molar-refractivity contribution < 1.29 is 9.53 Å². The first-order valence-corrected chi connectivity index (χ1v) is 12.8. The van der Waals surface area contributed by atoms with Gasteiger partial charge in [0, 0.05) is 53.6 Å². The van der Waals surface area contributed by atoms with E-state index in [1.54, 1.807) is 19.2 Å². The van der Waals surface area contributed by atoms with Crippen molar-refractivity contribution in [1.82, 2.24) is 14.7 Å². The normalized spacial score (nSPS) is 11.8. The zero-order chi connectivity index (χ0) is 24.5. The van der Waals surface area contributed by atoms with Gasteiger partial charge in [0.05, 0.1) is 7.11 Å². The maximum atomic E-state index is 12.5. The highest BCUT2D eigenvalue weighted by Crippen LogP contribution is 2.24. The van der Waals surface area contributed by atoms with Gasteiger partial charge < -0.3 is 15.0 Å². The Morgan fingerprint density at radius 2 is 2.06 bits per heavy atom. The molecule has 1 atom stereocenters. The molecule has 182 valence electrons. The molecule has 34 heavy (non-hydrogen) atoms. The van der Waals surface area contributed by atoms with Gasteiger partial charge in [-0.2, -0.15) is 4.37 Å². The quantitative estimate of drug-likeness (QED) is 0.327. The summed E-state index contributed by atoms with van der Waals surface area (Å²) in [6.07, 6.45) is 2.61. The minimum Gasteiger partial charge on any atom is -0.497 e. The molecule has 0 fully saturated rings. The molecule has 2 aromatic carbocycles. The van der Waals surface area contributed by atoms with Crippen LogP contribution < -0.4 is 15.0 Å². The number of anilines is 1. The zero-order valence-corrected chi connectivity index (χ0v) is 22.0. The summed E-state index contributed by atoms with van der Waals surface area (Å²) in [5, 5.41) is 5.04. The van der Waals surface area contributed by atoms with Gasteiger partial charge in [-0.25, -0.2) is 4.98 Å². The summed E-state index contributed by atoms with van der Waals surface area (Å²) in [6.45, 7) is 5.37. The highest BCUT2D eigenvalue weighted by Gasteiger charge is 2.19. The van der Waals surface area contributed by atoms with E-state index in [0.717, 1.165) is 34.3 Å². The molecule has 0 aliphatic rings. The highest BCUT2D eigenvalue weighted by atomic mass is 35.5. The molecule has 0 saturated heterocycles. The average Bonchev–Trinajstić information content (AvgIpc) is 3.28. The number of rotatable bonds is 12. The van der Waals surface area contributed by atoms with Gasteiger partial charge in [0.1, 0.15) is 11.6 Å². The number of hydrogen-bond acceptors (Lipinski definition) is 6. The van der Waals surface area contributed by atoms with Crippen molar-refractivity contribution in [2.45, 2.75) is 45.6 Å². The number of ether oxygens (including phenoxy) is 1. The summed E-state index contributed by atoms with van der Waals surface area (Å²) in [5.41, 5.74) is 2.06. The number of carbonyl (C=O) groups excluding carboxylic acids is 1. The van der Waals surface area contributed by atoms with E-state index in [1.807, 2.05) is 30.3 Å². The van der Waals surface area contributed by atoms with Gasteiger partial charge in [-0.3, -0.25) is 4.79 Å². The van der Waals surface area contributed by atoms with Crippen LogP contribution in [0.4, 0.5) is 5.13 Å². The number of halogens is 2. The minimum absolute atomic E-state index is 0.000455. The van der Waals surface area contributed by atoms with Crippen LogP contribution in [0.15, 0.2) is 42.5 Å². The molecule has 6 nitrogen and oxygen atoms in total. The Balaban J connectivity index is 1.54. The first-order valence-electron chi connectivity index (χ1n) is 11.3. The summed E-state index contributed by atoms with van der Waals surface area (Å²) in [5.74, 6) is 1.59. The molecule has 0 spiro atoms. The molecule has 0 aliphatic carbocycles. The third-order valence-corrected chi connectivity index (χ3v) is 7.01. The van der Waals surface area contributed by atoms with Gasteiger partial charge in [0.2, 0.25) is 11.0 Å². The van der Waals surface area contributed by atoms with Gasteiger partial charge in [-0.05, 0) is 55.2 Å². The van der Waals surface area contributed by atoms with Crippen molar-refractivity contribution in [2.75, 3.05) is 25.1 Å². The standard InChI is InChI=1S/C25H30Cl2N4O2S/c1-4-17(2)31(13-11-24(32)28-12-10-19-8-9-20(26)16-22(19)27)25-29-23(30-34-25)15-18-6-5-7-21(14-18)33-3/h5-9,14,16-17H,4,10-13,15H2,1-3H3,(H,28,32). The van der Waals surface area contributed by atoms with Crippen LogP contribution in [0.2, 0.25) is 10.0 Å². The molecule has 3 rings (SSSR count). The fraction of sp³-hybridized carbons (Fsp3) is 0.400. The Bertz CT molecular complexity index is 1090. The van der Waals surface area contributed by atoms with E-state index in [9.17, 15) is 4.79 Å². The third-order valence-electron chi connectivity index (χ3n) is 5.63. The van der Waals surface area contributed by atoms with Crippen molar-refractivity contribution >= 4 is 45.8 Å². The van der Waals surface area contributed by atoms with Gasteiger partial charge in [-0.1, -0.05) is 48.3 Å². The number of aromatic nitrogens is 2. The largest absolute Gasteiger partial charge is 0.497 e. The fourth-order valence-corrected chi connectivity index (χ4v) is 4.81. The van der Waals surface area contributed by atoms with E-state index < -0.39 is 0 Å². The van der Waals surface area contributed by atoms with Gasteiger partial charge in [-0.15, -0.1) is 0 Å². The lowest BCUT2D eigenvalue weighted by atomic mass is 10.1. The average molecular weight is 522 g/mol. The Kier molecular flexibility index (Phi) is 9.99. The fourth-order valence-electron chi connectivity index (χ4n) is 3.49. The zero-order valence-electron chi connectivity index (χ0n) is 19.7. The maximum Gasteiger partial charge on any atom is 0.221 e. The molecule has 0 radical (unpaired) electrons. The van der Waals surface area contributed by atoms with Crippen LogP contribution in [0.5, 0.6) is 5.75 Å². The Hall–Kier alpha value is -2.35. The van der Waals surface area contributed by atoms with Crippen LogP contribution in [0.3, 0.4) is 0 Å². The topological polar surface area (TPSA) is 67.4 Å². The number of hydrogen-bond donors (Lipinski definition) is 1. The molecule has 1 N–H and O–H groups in total. The molecular formula is C25H30Cl2N4O2S. The van der Waals surface area contributed by atoms with Crippen LogP contribution in [0.1, 0.15) is 43.6 Å². The number of carbonyl (C=O) groups is 1. The molecule has 0 saturated carbocycles. The van der Waals surface area contributed by atoms with E-state index in [-0.39, 0.29) is 11.9 Å². The van der Waals surface area contributed by atoms with Gasteiger partial charge in [0.15, 0.2) is 0 Å². The number of benzene rings is 2. The maximum absolute atomic E-state index is 12.5.